The summed E-state index contributed by atoms with van der Waals surface area (Å²) in [7, 11) is 1.61. The van der Waals surface area contributed by atoms with E-state index in [0.717, 1.165) is 22.6 Å². The van der Waals surface area contributed by atoms with Crippen LogP contribution in [0, 0.1) is 6.92 Å². The molecule has 0 aliphatic heterocycles. The number of nitrogens with one attached hydrogen (secondary N) is 1. The molecule has 2 aromatic rings. The summed E-state index contributed by atoms with van der Waals surface area (Å²) in [5, 5.41) is 2.75. The molecule has 0 unspecified atom stereocenters. The molecule has 1 aromatic heterocycles. The van der Waals surface area contributed by atoms with Gasteiger partial charge in [-0.1, -0.05) is 11.6 Å². The van der Waals surface area contributed by atoms with Gasteiger partial charge in [0.15, 0.2) is 0 Å². The molecule has 4 heteroatoms. The van der Waals surface area contributed by atoms with Crippen molar-refractivity contribution < 1.29 is 13.9 Å². The van der Waals surface area contributed by atoms with Crippen LogP contribution in [0.15, 0.2) is 47.1 Å². The fourth-order valence-corrected chi connectivity index (χ4v) is 1.80. The van der Waals surface area contributed by atoms with Crippen LogP contribution in [0.1, 0.15) is 16.9 Å². The van der Waals surface area contributed by atoms with Crippen LogP contribution in [0.5, 0.6) is 5.75 Å². The van der Waals surface area contributed by atoms with Gasteiger partial charge in [0.2, 0.25) is 5.91 Å². The number of rotatable bonds is 5. The second-order valence-corrected chi connectivity index (χ2v) is 4.38. The van der Waals surface area contributed by atoms with E-state index in [9.17, 15) is 4.79 Å². The summed E-state index contributed by atoms with van der Waals surface area (Å²) >= 11 is 0. The topological polar surface area (TPSA) is 51.5 Å². The number of amides is 1. The highest BCUT2D eigenvalue weighted by Gasteiger charge is 2.02. The van der Waals surface area contributed by atoms with Crippen molar-refractivity contribution in [2.75, 3.05) is 7.11 Å². The average molecular weight is 271 g/mol. The van der Waals surface area contributed by atoms with Gasteiger partial charge in [0.05, 0.1) is 19.9 Å². The summed E-state index contributed by atoms with van der Waals surface area (Å²) in [6.45, 7) is 2.37. The molecule has 0 atom stereocenters. The van der Waals surface area contributed by atoms with Crippen molar-refractivity contribution in [2.24, 2.45) is 0 Å². The van der Waals surface area contributed by atoms with E-state index in [4.69, 9.17) is 9.15 Å². The number of hydrogen-bond donors (Lipinski definition) is 1. The van der Waals surface area contributed by atoms with Crippen molar-refractivity contribution in [2.45, 2.75) is 13.5 Å². The first kappa shape index (κ1) is 13.9. The summed E-state index contributed by atoms with van der Waals surface area (Å²) in [5.41, 5.74) is 1.99. The zero-order valence-electron chi connectivity index (χ0n) is 11.6. The van der Waals surface area contributed by atoms with E-state index in [1.54, 1.807) is 25.5 Å². The Kier molecular flexibility index (Phi) is 4.60. The lowest BCUT2D eigenvalue weighted by atomic mass is 10.1. The molecule has 104 valence electrons. The number of furan rings is 1. The van der Waals surface area contributed by atoms with Gasteiger partial charge in [-0.05, 0) is 37.3 Å². The molecule has 0 spiro atoms. The van der Waals surface area contributed by atoms with Gasteiger partial charge in [-0.25, -0.2) is 0 Å². The molecule has 0 saturated heterocycles. The standard InChI is InChI=1S/C16H17NO3/c1-12-5-7-15(19-2)13(10-12)6-8-16(18)17-11-14-4-3-9-20-14/h3-10H,11H2,1-2H3,(H,17,18)/b8-6+. The summed E-state index contributed by atoms with van der Waals surface area (Å²) < 4.78 is 10.4. The van der Waals surface area contributed by atoms with Crippen LogP contribution < -0.4 is 10.1 Å². The van der Waals surface area contributed by atoms with Crippen molar-refractivity contribution in [1.82, 2.24) is 5.32 Å². The van der Waals surface area contributed by atoms with E-state index >= 15 is 0 Å². The first-order chi connectivity index (χ1) is 9.69. The largest absolute Gasteiger partial charge is 0.496 e. The monoisotopic (exact) mass is 271 g/mol. The number of aryl methyl sites for hydroxylation is 1. The quantitative estimate of drug-likeness (QED) is 0.851. The molecule has 1 aromatic carbocycles. The molecule has 0 fully saturated rings. The molecule has 20 heavy (non-hydrogen) atoms. The van der Waals surface area contributed by atoms with E-state index < -0.39 is 0 Å². The van der Waals surface area contributed by atoms with E-state index in [2.05, 4.69) is 5.32 Å². The molecule has 4 nitrogen and oxygen atoms in total. The highest BCUT2D eigenvalue weighted by atomic mass is 16.5. The molecule has 0 saturated carbocycles. The van der Waals surface area contributed by atoms with Gasteiger partial charge < -0.3 is 14.5 Å². The maximum absolute atomic E-state index is 11.7. The predicted octanol–water partition coefficient (Wildman–Crippen LogP) is 2.93. The van der Waals surface area contributed by atoms with Crippen LogP contribution in [0.3, 0.4) is 0 Å². The van der Waals surface area contributed by atoms with Crippen LogP contribution in [-0.2, 0) is 11.3 Å². The van der Waals surface area contributed by atoms with Gasteiger partial charge in [0.25, 0.3) is 0 Å². The molecule has 1 heterocycles. The highest BCUT2D eigenvalue weighted by Crippen LogP contribution is 2.20. The third-order valence-corrected chi connectivity index (χ3v) is 2.82. The van der Waals surface area contributed by atoms with Gasteiger partial charge in [-0.3, -0.25) is 4.79 Å². The number of ether oxygens (including phenoxy) is 1. The summed E-state index contributed by atoms with van der Waals surface area (Å²) in [5.74, 6) is 1.29. The average Bonchev–Trinajstić information content (AvgIpc) is 2.96. The fraction of sp³-hybridized carbons (Fsp3) is 0.188. The van der Waals surface area contributed by atoms with Gasteiger partial charge in [0.1, 0.15) is 11.5 Å². The molecule has 0 bridgehead atoms. The van der Waals surface area contributed by atoms with Crippen LogP contribution in [0.25, 0.3) is 6.08 Å². The van der Waals surface area contributed by atoms with E-state index in [1.807, 2.05) is 31.2 Å². The smallest absolute Gasteiger partial charge is 0.244 e. The Labute approximate surface area is 118 Å². The molecular formula is C16H17NO3. The van der Waals surface area contributed by atoms with E-state index in [-0.39, 0.29) is 5.91 Å². The Morgan fingerprint density at radius 2 is 2.25 bits per heavy atom. The minimum atomic E-state index is -0.176. The number of methoxy groups -OCH3 is 1. The Balaban J connectivity index is 1.98. The lowest BCUT2D eigenvalue weighted by Crippen LogP contribution is -2.19. The first-order valence-corrected chi connectivity index (χ1v) is 6.32. The SMILES string of the molecule is COc1ccc(C)cc1/C=C/C(=O)NCc1ccco1. The Morgan fingerprint density at radius 3 is 2.95 bits per heavy atom. The number of hydrogen-bond acceptors (Lipinski definition) is 3. The van der Waals surface area contributed by atoms with Crippen LogP contribution in [0.2, 0.25) is 0 Å². The molecule has 2 rings (SSSR count). The first-order valence-electron chi connectivity index (χ1n) is 6.32. The molecule has 0 aliphatic carbocycles. The van der Waals surface area contributed by atoms with Crippen LogP contribution >= 0.6 is 0 Å². The normalized spacial score (nSPS) is 10.7. The number of carbonyl (C=O) groups excluding carboxylic acids is 1. The van der Waals surface area contributed by atoms with Crippen LogP contribution in [-0.4, -0.2) is 13.0 Å². The second kappa shape index (κ2) is 6.61. The lowest BCUT2D eigenvalue weighted by molar-refractivity contribution is -0.116. The predicted molar refractivity (Wildman–Crippen MR) is 77.3 cm³/mol. The van der Waals surface area contributed by atoms with Gasteiger partial charge in [-0.2, -0.15) is 0 Å². The van der Waals surface area contributed by atoms with Gasteiger partial charge in [0, 0.05) is 11.6 Å². The molecule has 1 N–H and O–H groups in total. The third-order valence-electron chi connectivity index (χ3n) is 2.82. The third kappa shape index (κ3) is 3.75. The second-order valence-electron chi connectivity index (χ2n) is 4.38. The van der Waals surface area contributed by atoms with Crippen molar-refractivity contribution >= 4 is 12.0 Å². The zero-order chi connectivity index (χ0) is 14.4. The van der Waals surface area contributed by atoms with Crippen molar-refractivity contribution in [3.63, 3.8) is 0 Å². The Morgan fingerprint density at radius 1 is 1.40 bits per heavy atom. The number of carbonyl (C=O) groups is 1. The molecule has 1 amide bonds. The minimum Gasteiger partial charge on any atom is -0.496 e. The van der Waals surface area contributed by atoms with Gasteiger partial charge in [-0.15, -0.1) is 0 Å². The zero-order valence-corrected chi connectivity index (χ0v) is 11.6. The summed E-state index contributed by atoms with van der Waals surface area (Å²) in [4.78, 5) is 11.7. The van der Waals surface area contributed by atoms with E-state index in [0.29, 0.717) is 6.54 Å². The van der Waals surface area contributed by atoms with E-state index in [1.165, 1.54) is 6.08 Å². The molecule has 0 aliphatic rings. The Bertz CT molecular complexity index is 600. The van der Waals surface area contributed by atoms with Crippen LogP contribution in [0.4, 0.5) is 0 Å². The number of benzene rings is 1. The molecular weight excluding hydrogens is 254 g/mol. The minimum absolute atomic E-state index is 0.176. The maximum Gasteiger partial charge on any atom is 0.244 e. The van der Waals surface area contributed by atoms with Crippen molar-refractivity contribution in [3.05, 3.63) is 59.6 Å². The Hall–Kier alpha value is -2.49. The van der Waals surface area contributed by atoms with Gasteiger partial charge >= 0.3 is 0 Å². The summed E-state index contributed by atoms with van der Waals surface area (Å²) in [6.07, 6.45) is 4.80. The summed E-state index contributed by atoms with van der Waals surface area (Å²) in [6, 6.07) is 9.42. The van der Waals surface area contributed by atoms with Crippen molar-refractivity contribution in [1.29, 1.82) is 0 Å². The van der Waals surface area contributed by atoms with Crippen molar-refractivity contribution in [3.8, 4) is 5.75 Å². The maximum atomic E-state index is 11.7. The fourth-order valence-electron chi connectivity index (χ4n) is 1.80. The lowest BCUT2D eigenvalue weighted by Gasteiger charge is -2.05. The highest BCUT2D eigenvalue weighted by molar-refractivity contribution is 5.92. The molecule has 0 radical (unpaired) electrons.